The number of aryl methyl sites for hydroxylation is 1. The van der Waals surface area contributed by atoms with Crippen LogP contribution in [-0.2, 0) is 13.0 Å². The van der Waals surface area contributed by atoms with E-state index in [-0.39, 0.29) is 5.82 Å². The number of benzene rings is 1. The van der Waals surface area contributed by atoms with E-state index < -0.39 is 0 Å². The number of hydrogen-bond donors (Lipinski definition) is 2. The van der Waals surface area contributed by atoms with Crippen LogP contribution in [-0.4, -0.2) is 24.5 Å². The molecule has 0 amide bonds. The molecule has 0 aliphatic rings. The van der Waals surface area contributed by atoms with E-state index in [1.54, 1.807) is 30.5 Å². The van der Waals surface area contributed by atoms with Crippen LogP contribution in [0, 0.1) is 12.7 Å². The number of nitrogens with one attached hydrogen (secondary N) is 2. The van der Waals surface area contributed by atoms with Gasteiger partial charge in [0.1, 0.15) is 5.82 Å². The van der Waals surface area contributed by atoms with Crippen molar-refractivity contribution in [2.45, 2.75) is 19.9 Å². The molecule has 1 heterocycles. The highest BCUT2D eigenvalue weighted by molar-refractivity contribution is 7.09. The Labute approximate surface area is 128 Å². The minimum atomic E-state index is -0.210. The lowest BCUT2D eigenvalue weighted by Crippen LogP contribution is -2.38. The van der Waals surface area contributed by atoms with Crippen LogP contribution in [0.15, 0.2) is 34.6 Å². The van der Waals surface area contributed by atoms with Crippen molar-refractivity contribution in [1.29, 1.82) is 0 Å². The SMILES string of the molecule is CN=C(NCCc1csc(C)n1)NCc1ccccc1F. The number of thiazole rings is 1. The normalized spacial score (nSPS) is 11.5. The lowest BCUT2D eigenvalue weighted by Gasteiger charge is -2.11. The van der Waals surface area contributed by atoms with Gasteiger partial charge in [0.25, 0.3) is 0 Å². The quantitative estimate of drug-likeness (QED) is 0.659. The molecule has 2 rings (SSSR count). The summed E-state index contributed by atoms with van der Waals surface area (Å²) >= 11 is 1.65. The van der Waals surface area contributed by atoms with E-state index >= 15 is 0 Å². The minimum absolute atomic E-state index is 0.210. The van der Waals surface area contributed by atoms with Gasteiger partial charge in [-0.1, -0.05) is 18.2 Å². The third-order valence-electron chi connectivity index (χ3n) is 2.97. The van der Waals surface area contributed by atoms with Crippen LogP contribution in [0.25, 0.3) is 0 Å². The molecule has 0 bridgehead atoms. The topological polar surface area (TPSA) is 49.3 Å². The first kappa shape index (κ1) is 15.4. The van der Waals surface area contributed by atoms with Gasteiger partial charge in [0.05, 0.1) is 10.7 Å². The summed E-state index contributed by atoms with van der Waals surface area (Å²) in [5.74, 6) is 0.448. The Morgan fingerprint density at radius 1 is 1.33 bits per heavy atom. The number of rotatable bonds is 5. The molecular formula is C15H19FN4S. The molecule has 112 valence electrons. The van der Waals surface area contributed by atoms with Crippen molar-refractivity contribution in [3.05, 3.63) is 51.7 Å². The van der Waals surface area contributed by atoms with E-state index in [0.717, 1.165) is 23.7 Å². The molecule has 6 heteroatoms. The molecule has 1 aromatic heterocycles. The summed E-state index contributed by atoms with van der Waals surface area (Å²) in [6.07, 6.45) is 0.838. The lowest BCUT2D eigenvalue weighted by atomic mass is 10.2. The Balaban J connectivity index is 1.77. The molecule has 0 aliphatic carbocycles. The minimum Gasteiger partial charge on any atom is -0.356 e. The van der Waals surface area contributed by atoms with Gasteiger partial charge in [0, 0.05) is 37.5 Å². The van der Waals surface area contributed by atoms with Crippen molar-refractivity contribution >= 4 is 17.3 Å². The zero-order chi connectivity index (χ0) is 15.1. The Hall–Kier alpha value is -1.95. The van der Waals surface area contributed by atoms with Crippen LogP contribution in [0.4, 0.5) is 4.39 Å². The highest BCUT2D eigenvalue weighted by atomic mass is 32.1. The Morgan fingerprint density at radius 3 is 2.81 bits per heavy atom. The second-order valence-electron chi connectivity index (χ2n) is 4.55. The van der Waals surface area contributed by atoms with Gasteiger partial charge in [0.2, 0.25) is 0 Å². The first-order valence-electron chi connectivity index (χ1n) is 6.78. The number of aliphatic imine (C=N–C) groups is 1. The lowest BCUT2D eigenvalue weighted by molar-refractivity contribution is 0.604. The van der Waals surface area contributed by atoms with Gasteiger partial charge in [-0.05, 0) is 13.0 Å². The number of nitrogens with zero attached hydrogens (tertiary/aromatic N) is 2. The molecule has 21 heavy (non-hydrogen) atoms. The summed E-state index contributed by atoms with van der Waals surface area (Å²) in [5, 5.41) is 9.44. The number of halogens is 1. The highest BCUT2D eigenvalue weighted by Crippen LogP contribution is 2.08. The number of guanidine groups is 1. The fourth-order valence-electron chi connectivity index (χ4n) is 1.87. The van der Waals surface area contributed by atoms with Crippen molar-refractivity contribution < 1.29 is 4.39 Å². The van der Waals surface area contributed by atoms with E-state index in [1.807, 2.05) is 13.0 Å². The fraction of sp³-hybridized carbons (Fsp3) is 0.333. The monoisotopic (exact) mass is 306 g/mol. The molecule has 0 saturated carbocycles. The highest BCUT2D eigenvalue weighted by Gasteiger charge is 2.03. The molecule has 0 fully saturated rings. The van der Waals surface area contributed by atoms with Crippen molar-refractivity contribution in [2.24, 2.45) is 4.99 Å². The summed E-state index contributed by atoms with van der Waals surface area (Å²) in [4.78, 5) is 8.53. The molecule has 0 spiro atoms. The summed E-state index contributed by atoms with van der Waals surface area (Å²) in [6.45, 7) is 3.14. The van der Waals surface area contributed by atoms with Gasteiger partial charge in [-0.25, -0.2) is 9.37 Å². The Bertz CT molecular complexity index is 609. The first-order valence-corrected chi connectivity index (χ1v) is 7.66. The average molecular weight is 306 g/mol. The van der Waals surface area contributed by atoms with Crippen LogP contribution < -0.4 is 10.6 Å². The third kappa shape index (κ3) is 4.82. The summed E-state index contributed by atoms with van der Waals surface area (Å²) in [7, 11) is 1.70. The molecule has 0 saturated heterocycles. The second kappa shape index (κ2) is 7.73. The predicted molar refractivity (Wildman–Crippen MR) is 85.2 cm³/mol. The van der Waals surface area contributed by atoms with Crippen LogP contribution in [0.5, 0.6) is 0 Å². The van der Waals surface area contributed by atoms with Crippen LogP contribution in [0.2, 0.25) is 0 Å². The van der Waals surface area contributed by atoms with E-state index in [9.17, 15) is 4.39 Å². The van der Waals surface area contributed by atoms with E-state index in [1.165, 1.54) is 6.07 Å². The molecule has 2 aromatic rings. The van der Waals surface area contributed by atoms with Crippen molar-refractivity contribution in [3.8, 4) is 0 Å². The Kier molecular flexibility index (Phi) is 5.68. The maximum atomic E-state index is 13.5. The smallest absolute Gasteiger partial charge is 0.191 e. The van der Waals surface area contributed by atoms with Gasteiger partial charge in [0.15, 0.2) is 5.96 Å². The van der Waals surface area contributed by atoms with Gasteiger partial charge in [-0.3, -0.25) is 4.99 Å². The molecule has 0 unspecified atom stereocenters. The number of aromatic nitrogens is 1. The van der Waals surface area contributed by atoms with Crippen LogP contribution in [0.3, 0.4) is 0 Å². The Morgan fingerprint density at radius 2 is 2.14 bits per heavy atom. The first-order chi connectivity index (χ1) is 10.2. The van der Waals surface area contributed by atoms with Gasteiger partial charge >= 0.3 is 0 Å². The average Bonchev–Trinajstić information content (AvgIpc) is 2.90. The summed E-state index contributed by atoms with van der Waals surface area (Å²) < 4.78 is 13.5. The maximum absolute atomic E-state index is 13.5. The molecule has 1 aromatic carbocycles. The fourth-order valence-corrected chi connectivity index (χ4v) is 2.52. The summed E-state index contributed by atoms with van der Waals surface area (Å²) in [5.41, 5.74) is 1.70. The largest absolute Gasteiger partial charge is 0.356 e. The van der Waals surface area contributed by atoms with E-state index in [0.29, 0.717) is 18.1 Å². The molecule has 0 atom stereocenters. The van der Waals surface area contributed by atoms with Crippen molar-refractivity contribution in [3.63, 3.8) is 0 Å². The molecule has 0 radical (unpaired) electrons. The van der Waals surface area contributed by atoms with Gasteiger partial charge in [-0.2, -0.15) is 0 Å². The number of hydrogen-bond acceptors (Lipinski definition) is 3. The maximum Gasteiger partial charge on any atom is 0.191 e. The van der Waals surface area contributed by atoms with Gasteiger partial charge < -0.3 is 10.6 Å². The molecule has 2 N–H and O–H groups in total. The van der Waals surface area contributed by atoms with Crippen molar-refractivity contribution in [1.82, 2.24) is 15.6 Å². The van der Waals surface area contributed by atoms with Crippen LogP contribution >= 0.6 is 11.3 Å². The summed E-state index contributed by atoms with van der Waals surface area (Å²) in [6, 6.07) is 6.72. The predicted octanol–water partition coefficient (Wildman–Crippen LogP) is 2.50. The molecule has 0 aliphatic heterocycles. The second-order valence-corrected chi connectivity index (χ2v) is 5.61. The molecule has 4 nitrogen and oxygen atoms in total. The zero-order valence-corrected chi connectivity index (χ0v) is 13.0. The zero-order valence-electron chi connectivity index (χ0n) is 12.2. The third-order valence-corrected chi connectivity index (χ3v) is 3.79. The van der Waals surface area contributed by atoms with E-state index in [2.05, 4.69) is 26.0 Å². The standard InChI is InChI=1S/C15H19FN4S/c1-11-20-13(10-21-11)7-8-18-15(17-2)19-9-12-5-3-4-6-14(12)16/h3-6,10H,7-9H2,1-2H3,(H2,17,18,19). The molecular weight excluding hydrogens is 287 g/mol. The van der Waals surface area contributed by atoms with E-state index in [4.69, 9.17) is 0 Å². The van der Waals surface area contributed by atoms with Crippen molar-refractivity contribution in [2.75, 3.05) is 13.6 Å². The van der Waals surface area contributed by atoms with Gasteiger partial charge in [-0.15, -0.1) is 11.3 Å². The van der Waals surface area contributed by atoms with Crippen LogP contribution in [0.1, 0.15) is 16.3 Å².